The standard InChI is InChI=1S/C21H30N4OS2/c1-13(2)16-8-10-17(11-9-16)22-20-24-25-21(28-20)27-12-19(26)23-18-7-5-6-14(3)15(18)4/h8-11,13-15,18H,5-7,12H2,1-4H3,(H,22,24)(H,23,26). The van der Waals surface area contributed by atoms with Gasteiger partial charge in [0.2, 0.25) is 11.0 Å². The Morgan fingerprint density at radius 1 is 1.21 bits per heavy atom. The van der Waals surface area contributed by atoms with E-state index in [2.05, 4.69) is 72.8 Å². The number of carbonyl (C=O) groups excluding carboxylic acids is 1. The Kier molecular flexibility index (Phi) is 7.35. The molecule has 3 atom stereocenters. The molecule has 0 aliphatic heterocycles. The van der Waals surface area contributed by atoms with E-state index in [4.69, 9.17) is 0 Å². The number of thioether (sulfide) groups is 1. The fourth-order valence-corrected chi connectivity index (χ4v) is 5.14. The third-order valence-electron chi connectivity index (χ3n) is 5.62. The zero-order valence-corrected chi connectivity index (χ0v) is 18.7. The number of amides is 1. The van der Waals surface area contributed by atoms with Crippen LogP contribution in [-0.4, -0.2) is 27.9 Å². The van der Waals surface area contributed by atoms with E-state index in [1.165, 1.54) is 41.5 Å². The van der Waals surface area contributed by atoms with Gasteiger partial charge in [0.05, 0.1) is 5.75 Å². The van der Waals surface area contributed by atoms with Crippen molar-refractivity contribution in [2.24, 2.45) is 11.8 Å². The van der Waals surface area contributed by atoms with Crippen molar-refractivity contribution < 1.29 is 4.79 Å². The van der Waals surface area contributed by atoms with Gasteiger partial charge in [0.1, 0.15) is 0 Å². The van der Waals surface area contributed by atoms with E-state index in [1.807, 2.05) is 0 Å². The molecule has 0 spiro atoms. The van der Waals surface area contributed by atoms with Crippen LogP contribution >= 0.6 is 23.1 Å². The lowest BCUT2D eigenvalue weighted by Gasteiger charge is -2.34. The minimum atomic E-state index is 0.0879. The third-order valence-corrected chi connectivity index (χ3v) is 7.59. The molecule has 1 aliphatic carbocycles. The molecule has 2 N–H and O–H groups in total. The molecular weight excluding hydrogens is 388 g/mol. The maximum absolute atomic E-state index is 12.3. The first-order chi connectivity index (χ1) is 13.4. The Morgan fingerprint density at radius 2 is 1.96 bits per heavy atom. The van der Waals surface area contributed by atoms with E-state index in [1.54, 1.807) is 0 Å². The van der Waals surface area contributed by atoms with Gasteiger partial charge in [-0.15, -0.1) is 10.2 Å². The monoisotopic (exact) mass is 418 g/mol. The van der Waals surface area contributed by atoms with Crippen LogP contribution in [-0.2, 0) is 4.79 Å². The molecule has 1 heterocycles. The number of anilines is 2. The second-order valence-corrected chi connectivity index (χ2v) is 10.2. The molecule has 5 nitrogen and oxygen atoms in total. The Balaban J connectivity index is 1.47. The summed E-state index contributed by atoms with van der Waals surface area (Å²) in [4.78, 5) is 12.3. The maximum atomic E-state index is 12.3. The van der Waals surface area contributed by atoms with Gasteiger partial charge in [-0.2, -0.15) is 0 Å². The average Bonchev–Trinajstić information content (AvgIpc) is 3.11. The minimum Gasteiger partial charge on any atom is -0.352 e. The summed E-state index contributed by atoms with van der Waals surface area (Å²) in [5, 5.41) is 15.6. The van der Waals surface area contributed by atoms with Gasteiger partial charge in [-0.1, -0.05) is 75.8 Å². The number of nitrogens with zero attached hydrogens (tertiary/aromatic N) is 2. The number of carbonyl (C=O) groups is 1. The molecule has 1 aromatic carbocycles. The summed E-state index contributed by atoms with van der Waals surface area (Å²) >= 11 is 2.93. The number of benzene rings is 1. The van der Waals surface area contributed by atoms with Gasteiger partial charge < -0.3 is 10.6 Å². The molecule has 0 saturated heterocycles. The zero-order chi connectivity index (χ0) is 20.1. The van der Waals surface area contributed by atoms with Crippen LogP contribution in [0.25, 0.3) is 0 Å². The lowest BCUT2D eigenvalue weighted by atomic mass is 9.78. The Morgan fingerprint density at radius 3 is 2.68 bits per heavy atom. The van der Waals surface area contributed by atoms with Gasteiger partial charge in [-0.3, -0.25) is 4.79 Å². The molecule has 2 aromatic rings. The molecule has 1 aromatic heterocycles. The molecule has 1 amide bonds. The van der Waals surface area contributed by atoms with Crippen molar-refractivity contribution in [1.29, 1.82) is 0 Å². The van der Waals surface area contributed by atoms with E-state index >= 15 is 0 Å². The van der Waals surface area contributed by atoms with E-state index in [0.29, 0.717) is 29.5 Å². The Labute approximate surface area is 176 Å². The highest BCUT2D eigenvalue weighted by Gasteiger charge is 2.28. The fourth-order valence-electron chi connectivity index (χ4n) is 3.55. The molecule has 7 heteroatoms. The van der Waals surface area contributed by atoms with Gasteiger partial charge >= 0.3 is 0 Å². The second-order valence-electron chi connectivity index (χ2n) is 8.00. The van der Waals surface area contributed by atoms with Crippen LogP contribution in [0.5, 0.6) is 0 Å². The zero-order valence-electron chi connectivity index (χ0n) is 17.1. The second kappa shape index (κ2) is 9.74. The van der Waals surface area contributed by atoms with Crippen LogP contribution in [0.15, 0.2) is 28.6 Å². The molecule has 3 unspecified atom stereocenters. The Bertz CT molecular complexity index is 775. The first-order valence-electron chi connectivity index (χ1n) is 10.0. The van der Waals surface area contributed by atoms with E-state index in [9.17, 15) is 4.79 Å². The summed E-state index contributed by atoms with van der Waals surface area (Å²) in [5.74, 6) is 2.21. The third kappa shape index (κ3) is 5.70. The lowest BCUT2D eigenvalue weighted by Crippen LogP contribution is -2.44. The molecule has 1 aliphatic rings. The predicted molar refractivity (Wildman–Crippen MR) is 119 cm³/mol. The van der Waals surface area contributed by atoms with E-state index in [-0.39, 0.29) is 5.91 Å². The van der Waals surface area contributed by atoms with E-state index < -0.39 is 0 Å². The molecule has 152 valence electrons. The summed E-state index contributed by atoms with van der Waals surface area (Å²) in [6.45, 7) is 8.90. The average molecular weight is 419 g/mol. The summed E-state index contributed by atoms with van der Waals surface area (Å²) in [6, 6.07) is 8.67. The predicted octanol–water partition coefficient (Wildman–Crippen LogP) is 5.44. The molecule has 1 saturated carbocycles. The number of aromatic nitrogens is 2. The van der Waals surface area contributed by atoms with Crippen LogP contribution in [0, 0.1) is 11.8 Å². The van der Waals surface area contributed by atoms with Gasteiger partial charge in [-0.05, 0) is 41.9 Å². The van der Waals surface area contributed by atoms with Crippen molar-refractivity contribution in [1.82, 2.24) is 15.5 Å². The van der Waals surface area contributed by atoms with Crippen molar-refractivity contribution in [3.63, 3.8) is 0 Å². The number of rotatable bonds is 7. The van der Waals surface area contributed by atoms with Crippen LogP contribution < -0.4 is 10.6 Å². The first-order valence-corrected chi connectivity index (χ1v) is 11.8. The molecule has 1 fully saturated rings. The highest BCUT2D eigenvalue weighted by atomic mass is 32.2. The van der Waals surface area contributed by atoms with Crippen LogP contribution in [0.4, 0.5) is 10.8 Å². The smallest absolute Gasteiger partial charge is 0.230 e. The highest BCUT2D eigenvalue weighted by Crippen LogP contribution is 2.30. The van der Waals surface area contributed by atoms with Crippen molar-refractivity contribution >= 4 is 39.8 Å². The van der Waals surface area contributed by atoms with Crippen LogP contribution in [0.2, 0.25) is 0 Å². The van der Waals surface area contributed by atoms with Crippen molar-refractivity contribution in [3.8, 4) is 0 Å². The first kappa shape index (κ1) is 21.1. The van der Waals surface area contributed by atoms with Crippen LogP contribution in [0.3, 0.4) is 0 Å². The normalized spacial score (nSPS) is 22.2. The van der Waals surface area contributed by atoms with Gasteiger partial charge in [0.25, 0.3) is 0 Å². The number of hydrogen-bond acceptors (Lipinski definition) is 6. The summed E-state index contributed by atoms with van der Waals surface area (Å²) < 4.78 is 0.807. The highest BCUT2D eigenvalue weighted by molar-refractivity contribution is 8.01. The van der Waals surface area contributed by atoms with Gasteiger partial charge in [0.15, 0.2) is 4.34 Å². The number of nitrogens with one attached hydrogen (secondary N) is 2. The summed E-state index contributed by atoms with van der Waals surface area (Å²) in [6.07, 6.45) is 3.56. The van der Waals surface area contributed by atoms with Crippen LogP contribution in [0.1, 0.15) is 58.4 Å². The van der Waals surface area contributed by atoms with E-state index in [0.717, 1.165) is 21.6 Å². The SMILES string of the molecule is CC(C)c1ccc(Nc2nnc(SCC(=O)NC3CCCC(C)C3C)s2)cc1. The van der Waals surface area contributed by atoms with Crippen molar-refractivity contribution in [3.05, 3.63) is 29.8 Å². The fraction of sp³-hybridized carbons (Fsp3) is 0.571. The largest absolute Gasteiger partial charge is 0.352 e. The number of hydrogen-bond donors (Lipinski definition) is 2. The van der Waals surface area contributed by atoms with Crippen molar-refractivity contribution in [2.45, 2.75) is 63.3 Å². The molecule has 0 radical (unpaired) electrons. The maximum Gasteiger partial charge on any atom is 0.230 e. The van der Waals surface area contributed by atoms with Crippen molar-refractivity contribution in [2.75, 3.05) is 11.1 Å². The Hall–Kier alpha value is -1.60. The molecular formula is C21H30N4OS2. The topological polar surface area (TPSA) is 66.9 Å². The summed E-state index contributed by atoms with van der Waals surface area (Å²) in [7, 11) is 0. The van der Waals surface area contributed by atoms with Gasteiger partial charge in [-0.25, -0.2) is 0 Å². The summed E-state index contributed by atoms with van der Waals surface area (Å²) in [5.41, 5.74) is 2.31. The molecule has 0 bridgehead atoms. The quantitative estimate of drug-likeness (QED) is 0.586. The lowest BCUT2D eigenvalue weighted by molar-refractivity contribution is -0.119. The molecule has 28 heavy (non-hydrogen) atoms. The minimum absolute atomic E-state index is 0.0879. The van der Waals surface area contributed by atoms with Gasteiger partial charge in [0, 0.05) is 11.7 Å². The molecule has 3 rings (SSSR count).